The predicted octanol–water partition coefficient (Wildman–Crippen LogP) is 28.0. The Bertz CT molecular complexity index is 4100. The van der Waals surface area contributed by atoms with E-state index in [9.17, 15) is 0 Å². The van der Waals surface area contributed by atoms with Gasteiger partial charge in [-0.25, -0.2) is 0 Å². The van der Waals surface area contributed by atoms with E-state index in [1.807, 2.05) is 0 Å². The summed E-state index contributed by atoms with van der Waals surface area (Å²) in [7, 11) is 0. The van der Waals surface area contributed by atoms with Gasteiger partial charge in [-0.2, -0.15) is 0 Å². The van der Waals surface area contributed by atoms with Crippen LogP contribution in [-0.2, 0) is 10.8 Å². The summed E-state index contributed by atoms with van der Waals surface area (Å²) in [5, 5.41) is 16.4. The maximum Gasteiger partial charge on any atom is 0.0215 e. The molecular formula is C90H98. The summed E-state index contributed by atoms with van der Waals surface area (Å²) in [6.45, 7) is 9.42. The number of benzene rings is 12. The number of rotatable bonds is 31. The van der Waals surface area contributed by atoms with Gasteiger partial charge in [0, 0.05) is 10.8 Å². The first kappa shape index (κ1) is 60.3. The standard InChI is InChI=1S/C90H98/c1-5-9-13-17-21-25-55-89(56-26-22-18-14-10-6-2)81-59-69(43-49-75(81)77-51-45-71(61-83(77)89)73-47-39-67-37-35-63-31-29-33-65-41-53-79(73)87(67)85(63)65)70-44-50-76-78-52-46-72(74-48-40-68-38-36-64-32-30-34-66-42-54-80(74)88(68)86(64)66)62-84(78)90(82(76)60-70,57-27-23-19-15-11-7-3)58-28-24-20-16-12-8-4/h29-54,59-62H,5-28,55-58H2,1-4H3. The number of hydrogen-bond acceptors (Lipinski definition) is 0. The van der Waals surface area contributed by atoms with Crippen molar-refractivity contribution in [1.82, 2.24) is 0 Å². The van der Waals surface area contributed by atoms with Crippen molar-refractivity contribution in [2.45, 2.75) is 218 Å². The van der Waals surface area contributed by atoms with Crippen LogP contribution < -0.4 is 0 Å². The van der Waals surface area contributed by atoms with Crippen molar-refractivity contribution in [2.24, 2.45) is 0 Å². The van der Waals surface area contributed by atoms with Crippen LogP contribution in [0, 0.1) is 0 Å². The van der Waals surface area contributed by atoms with E-state index in [2.05, 4.69) is 210 Å². The van der Waals surface area contributed by atoms with E-state index in [0.29, 0.717) is 0 Å². The van der Waals surface area contributed by atoms with Gasteiger partial charge >= 0.3 is 0 Å². The summed E-state index contributed by atoms with van der Waals surface area (Å²) < 4.78 is 0. The second-order valence-electron chi connectivity index (χ2n) is 28.2. The van der Waals surface area contributed by atoms with E-state index in [-0.39, 0.29) is 10.8 Å². The zero-order chi connectivity index (χ0) is 61.0. The first-order valence-electron chi connectivity index (χ1n) is 36.4. The summed E-state index contributed by atoms with van der Waals surface area (Å²) in [6, 6.07) is 73.4. The summed E-state index contributed by atoms with van der Waals surface area (Å²) in [6.07, 6.45) is 36.3. The molecule has 2 aliphatic rings. The highest BCUT2D eigenvalue weighted by molar-refractivity contribution is 6.27. The van der Waals surface area contributed by atoms with Crippen molar-refractivity contribution in [2.75, 3.05) is 0 Å². The third kappa shape index (κ3) is 11.1. The van der Waals surface area contributed by atoms with Crippen LogP contribution >= 0.6 is 0 Å². The molecule has 0 unspecified atom stereocenters. The van der Waals surface area contributed by atoms with Crippen LogP contribution in [0.1, 0.15) is 230 Å². The maximum absolute atomic E-state index is 2.75. The molecule has 0 saturated heterocycles. The van der Waals surface area contributed by atoms with Crippen LogP contribution in [0.3, 0.4) is 0 Å². The first-order valence-corrected chi connectivity index (χ1v) is 36.4. The van der Waals surface area contributed by atoms with Gasteiger partial charge in [-0.05, 0) is 192 Å². The molecule has 0 spiro atoms. The average molecular weight is 1180 g/mol. The molecule has 0 atom stereocenters. The highest BCUT2D eigenvalue weighted by Crippen LogP contribution is 2.59. The van der Waals surface area contributed by atoms with E-state index >= 15 is 0 Å². The molecule has 458 valence electrons. The van der Waals surface area contributed by atoms with E-state index < -0.39 is 0 Å². The second-order valence-corrected chi connectivity index (χ2v) is 28.2. The molecule has 0 heterocycles. The van der Waals surface area contributed by atoms with Crippen molar-refractivity contribution < 1.29 is 0 Å². The minimum atomic E-state index is -0.0657. The Morgan fingerprint density at radius 2 is 0.456 bits per heavy atom. The summed E-state index contributed by atoms with van der Waals surface area (Å²) in [5.41, 5.74) is 20.3. The molecule has 0 aromatic heterocycles. The minimum Gasteiger partial charge on any atom is -0.0654 e. The second kappa shape index (κ2) is 26.9. The van der Waals surface area contributed by atoms with Gasteiger partial charge < -0.3 is 0 Å². The van der Waals surface area contributed by atoms with Gasteiger partial charge in [-0.1, -0.05) is 340 Å². The molecule has 0 radical (unpaired) electrons. The topological polar surface area (TPSA) is 0 Å². The molecule has 90 heavy (non-hydrogen) atoms. The van der Waals surface area contributed by atoms with Crippen molar-refractivity contribution in [3.63, 3.8) is 0 Å². The van der Waals surface area contributed by atoms with Crippen molar-refractivity contribution in [3.8, 4) is 55.6 Å². The Kier molecular flexibility index (Phi) is 18.0. The normalized spacial score (nSPS) is 13.9. The van der Waals surface area contributed by atoms with Gasteiger partial charge in [0.15, 0.2) is 0 Å². The zero-order valence-corrected chi connectivity index (χ0v) is 55.1. The molecule has 2 aliphatic carbocycles. The molecule has 0 amide bonds. The molecule has 12 aromatic rings. The molecule has 0 bridgehead atoms. The minimum absolute atomic E-state index is 0.0657. The Hall–Kier alpha value is -7.28. The van der Waals surface area contributed by atoms with E-state index in [1.54, 1.807) is 22.3 Å². The molecular weight excluding hydrogens is 1080 g/mol. The number of unbranched alkanes of at least 4 members (excludes halogenated alkanes) is 20. The van der Waals surface area contributed by atoms with Gasteiger partial charge in [-0.15, -0.1) is 0 Å². The summed E-state index contributed by atoms with van der Waals surface area (Å²) >= 11 is 0. The smallest absolute Gasteiger partial charge is 0.0215 e. The summed E-state index contributed by atoms with van der Waals surface area (Å²) in [4.78, 5) is 0. The SMILES string of the molecule is CCCCCCCCC1(CCCCCCCC)c2cc(-c3ccc4c(c3)C(CCCCCCCC)(CCCCCCCC)c3cc(-c5ccc6ccc7cccc8ccc5c6c78)ccc3-4)ccc2-c2ccc(-c3ccc4ccc5cccc6ccc3c4c56)cc21. The molecule has 14 rings (SSSR count). The Balaban J connectivity index is 0.898. The third-order valence-corrected chi connectivity index (χ3v) is 22.6. The van der Waals surface area contributed by atoms with E-state index in [1.165, 1.54) is 300 Å². The van der Waals surface area contributed by atoms with Gasteiger partial charge in [0.2, 0.25) is 0 Å². The van der Waals surface area contributed by atoms with Crippen LogP contribution in [0.15, 0.2) is 182 Å². The van der Waals surface area contributed by atoms with Gasteiger partial charge in [-0.3, -0.25) is 0 Å². The molecule has 0 heteroatoms. The van der Waals surface area contributed by atoms with E-state index in [4.69, 9.17) is 0 Å². The third-order valence-electron chi connectivity index (χ3n) is 22.6. The zero-order valence-electron chi connectivity index (χ0n) is 55.1. The highest BCUT2D eigenvalue weighted by Gasteiger charge is 2.45. The molecule has 0 saturated carbocycles. The van der Waals surface area contributed by atoms with Crippen LogP contribution in [0.2, 0.25) is 0 Å². The molecule has 0 nitrogen and oxygen atoms in total. The summed E-state index contributed by atoms with van der Waals surface area (Å²) in [5.74, 6) is 0. The predicted molar refractivity (Wildman–Crippen MR) is 395 cm³/mol. The van der Waals surface area contributed by atoms with Crippen LogP contribution in [-0.4, -0.2) is 0 Å². The Morgan fingerprint density at radius 3 is 0.778 bits per heavy atom. The Morgan fingerprint density at radius 1 is 0.211 bits per heavy atom. The monoisotopic (exact) mass is 1180 g/mol. The Labute approximate surface area is 539 Å². The van der Waals surface area contributed by atoms with E-state index in [0.717, 1.165) is 0 Å². The van der Waals surface area contributed by atoms with Crippen molar-refractivity contribution in [3.05, 3.63) is 204 Å². The van der Waals surface area contributed by atoms with Crippen molar-refractivity contribution >= 4 is 64.6 Å². The maximum atomic E-state index is 2.75. The van der Waals surface area contributed by atoms with Crippen LogP contribution in [0.25, 0.3) is 120 Å². The fourth-order valence-corrected chi connectivity index (χ4v) is 17.8. The fourth-order valence-electron chi connectivity index (χ4n) is 17.8. The first-order chi connectivity index (χ1) is 44.5. The highest BCUT2D eigenvalue weighted by atomic mass is 14.5. The van der Waals surface area contributed by atoms with Gasteiger partial charge in [0.05, 0.1) is 0 Å². The van der Waals surface area contributed by atoms with Gasteiger partial charge in [0.25, 0.3) is 0 Å². The number of hydrogen-bond donors (Lipinski definition) is 0. The van der Waals surface area contributed by atoms with Crippen molar-refractivity contribution in [1.29, 1.82) is 0 Å². The lowest BCUT2D eigenvalue weighted by molar-refractivity contribution is 0.397. The molecule has 0 aliphatic heterocycles. The fraction of sp³-hybridized carbons (Fsp3) is 0.378. The average Bonchev–Trinajstić information content (AvgIpc) is 1.60. The molecule has 0 N–H and O–H groups in total. The lowest BCUT2D eigenvalue weighted by Crippen LogP contribution is -2.26. The lowest BCUT2D eigenvalue weighted by atomic mass is 9.69. The van der Waals surface area contributed by atoms with Crippen LogP contribution in [0.4, 0.5) is 0 Å². The largest absolute Gasteiger partial charge is 0.0654 e. The lowest BCUT2D eigenvalue weighted by Gasteiger charge is -2.34. The number of fused-ring (bicyclic) bond motifs is 6. The quantitative estimate of drug-likeness (QED) is 0.0300. The molecule has 0 fully saturated rings. The molecule has 12 aromatic carbocycles. The van der Waals surface area contributed by atoms with Gasteiger partial charge in [0.1, 0.15) is 0 Å². The van der Waals surface area contributed by atoms with Crippen LogP contribution in [0.5, 0.6) is 0 Å².